The normalized spacial score (nSPS) is 17.9. The number of amidine groups is 1. The molecular weight excluding hydrogens is 1360 g/mol. The summed E-state index contributed by atoms with van der Waals surface area (Å²) >= 11 is 2.23. The number of aryl methyl sites for hydroxylation is 1. The second-order valence-electron chi connectivity index (χ2n) is 23.6. The number of pyridine rings is 1. The number of piperazine rings is 1. The number of aromatic nitrogens is 1. The molecule has 4 heterocycles. The first-order chi connectivity index (χ1) is 45.4. The van der Waals surface area contributed by atoms with Gasteiger partial charge in [-0.3, -0.25) is 82.4 Å². The van der Waals surface area contributed by atoms with Gasteiger partial charge in [0, 0.05) is 120 Å². The van der Waals surface area contributed by atoms with Gasteiger partial charge in [-0.2, -0.15) is 5.26 Å². The van der Waals surface area contributed by atoms with Gasteiger partial charge in [-0.1, -0.05) is 12.1 Å². The van der Waals surface area contributed by atoms with Crippen LogP contribution in [0.1, 0.15) is 74.2 Å². The van der Waals surface area contributed by atoms with Crippen molar-refractivity contribution in [1.29, 1.82) is 5.26 Å². The summed E-state index contributed by atoms with van der Waals surface area (Å²) in [5, 5.41) is 49.6. The van der Waals surface area contributed by atoms with E-state index in [2.05, 4.69) is 58.7 Å². The van der Waals surface area contributed by atoms with Gasteiger partial charge in [0.25, 0.3) is 11.8 Å². The van der Waals surface area contributed by atoms with E-state index in [4.69, 9.17) is 9.47 Å². The summed E-state index contributed by atoms with van der Waals surface area (Å²) in [6.07, 6.45) is 3.08. The van der Waals surface area contributed by atoms with Crippen LogP contribution in [0.15, 0.2) is 59.7 Å². The van der Waals surface area contributed by atoms with Crippen LogP contribution in [-0.2, 0) is 54.3 Å². The van der Waals surface area contributed by atoms with Gasteiger partial charge in [-0.05, 0) is 110 Å². The molecule has 3 fully saturated rings. The average Bonchev–Trinajstić information content (AvgIpc) is 1.63. The SMILES string of the molecule is COC(=O)C[C@H](NC(=O)[C@H](CCCCN=C(C)NC(=O)CCCc1ccc(I)cc1)NC(=O)CN1CCN(CC(=O)O)CCN(CC(=O)O)CCN(CC(=O)O)CC1)C(=O)N1CCN(CCCOc2ccc3nccc(C(=O)NCC(=O)N4CC(F)(F)C[C@@H]4C#N)c3c2)CC1. The van der Waals surface area contributed by atoms with E-state index >= 15 is 0 Å². The first-order valence-corrected chi connectivity index (χ1v) is 32.6. The molecule has 3 aliphatic heterocycles. The lowest BCUT2D eigenvalue weighted by atomic mass is 10.1. The fraction of sp³-hybridized carbons (Fsp3) is 0.571. The number of alkyl halides is 2. The van der Waals surface area contributed by atoms with E-state index in [1.807, 2.05) is 24.3 Å². The van der Waals surface area contributed by atoms with E-state index in [0.29, 0.717) is 67.8 Å². The Balaban J connectivity index is 1.06. The molecule has 0 unspecified atom stereocenters. The summed E-state index contributed by atoms with van der Waals surface area (Å²) in [5.74, 6) is -10.1. The van der Waals surface area contributed by atoms with E-state index in [0.717, 1.165) is 27.6 Å². The number of aliphatic imine (C=N–C) groups is 1. The maximum atomic E-state index is 14.5. The number of carboxylic acid groups (broad SMARTS) is 3. The van der Waals surface area contributed by atoms with Crippen molar-refractivity contribution in [2.24, 2.45) is 4.99 Å². The molecule has 3 aliphatic rings. The quantitative estimate of drug-likeness (QED) is 0.0155. The molecule has 32 heteroatoms. The number of nitrogens with zero attached hydrogens (tertiary/aromatic N) is 10. The molecule has 7 N–H and O–H groups in total. The third-order valence-corrected chi connectivity index (χ3v) is 17.0. The lowest BCUT2D eigenvalue weighted by Gasteiger charge is -2.36. The molecule has 3 atom stereocenters. The van der Waals surface area contributed by atoms with Gasteiger partial charge in [-0.15, -0.1) is 0 Å². The Bertz CT molecular complexity index is 3190. The fourth-order valence-electron chi connectivity index (χ4n) is 11.2. The second-order valence-corrected chi connectivity index (χ2v) is 24.8. The Morgan fingerprint density at radius 2 is 1.35 bits per heavy atom. The number of halogens is 3. The number of hydrogen-bond acceptors (Lipinski definition) is 20. The highest BCUT2D eigenvalue weighted by Gasteiger charge is 2.47. The molecule has 6 amide bonds. The molecule has 0 bridgehead atoms. The van der Waals surface area contributed by atoms with Crippen molar-refractivity contribution in [2.45, 2.75) is 88.8 Å². The molecule has 0 spiro atoms. The number of benzene rings is 2. The Morgan fingerprint density at radius 3 is 1.94 bits per heavy atom. The van der Waals surface area contributed by atoms with Crippen LogP contribution in [0.2, 0.25) is 0 Å². The summed E-state index contributed by atoms with van der Waals surface area (Å²) in [6, 6.07) is 12.2. The monoisotopic (exact) mass is 1440 g/mol. The first-order valence-electron chi connectivity index (χ1n) is 31.5. The molecule has 6 rings (SSSR count). The fourth-order valence-corrected chi connectivity index (χ4v) is 11.5. The Labute approximate surface area is 563 Å². The number of rotatable bonds is 31. The van der Waals surface area contributed by atoms with E-state index in [9.17, 15) is 77.3 Å². The van der Waals surface area contributed by atoms with E-state index in [1.54, 1.807) is 50.8 Å². The van der Waals surface area contributed by atoms with Gasteiger partial charge in [0.05, 0.1) is 82.4 Å². The number of nitrogens with one attached hydrogen (secondary N) is 4. The summed E-state index contributed by atoms with van der Waals surface area (Å²) < 4.78 is 40.1. The smallest absolute Gasteiger partial charge is 0.317 e. The topological polar surface area (TPSA) is 370 Å². The number of fused-ring (bicyclic) bond motifs is 1. The maximum absolute atomic E-state index is 14.5. The summed E-state index contributed by atoms with van der Waals surface area (Å²) in [6.45, 7) is 2.24. The standard InChI is InChI=1S/C63H85F2IN14O15/c1-43(71-53(81)9-5-7-44-10-12-45(66)13-11-44)68-17-4-3-8-51(72-54(82)38-75-20-22-76(39-56(84)85)24-26-78(41-58(88)89)27-25-77(23-21-75)40-57(86)87)61(92)73-52(34-59(90)94-2)62(93)79-30-28-74(29-31-79)19-6-32-95-47-14-15-50-49(33-47)48(16-18-69-50)60(91)70-37-55(83)80-42-63(64,65)35-46(80)36-67/h10-16,18,33,46,51-52H,3-9,17,19-32,34-35,37-42H2,1-2H3,(H,70,91)(H,72,82)(H,73,92)(H,84,85)(H,86,87)(H,88,89)(H,68,71,81)/t46-,51+,52+/m1/s1. The third kappa shape index (κ3) is 26.6. The Kier molecular flexibility index (Phi) is 30.7. The lowest BCUT2D eigenvalue weighted by molar-refractivity contribution is -0.147. The number of aliphatic carboxylic acids is 3. The zero-order valence-electron chi connectivity index (χ0n) is 53.5. The van der Waals surface area contributed by atoms with Crippen LogP contribution in [0.4, 0.5) is 8.78 Å². The predicted molar refractivity (Wildman–Crippen MR) is 349 cm³/mol. The number of esters is 1. The molecule has 518 valence electrons. The average molecular weight is 1440 g/mol. The maximum Gasteiger partial charge on any atom is 0.317 e. The molecule has 1 aromatic heterocycles. The van der Waals surface area contributed by atoms with Crippen molar-refractivity contribution in [1.82, 2.24) is 60.6 Å². The Hall–Kier alpha value is -8.10. The number of likely N-dealkylation sites (tertiary alicyclic amines) is 1. The van der Waals surface area contributed by atoms with Gasteiger partial charge in [0.1, 0.15) is 23.9 Å². The molecule has 0 radical (unpaired) electrons. The van der Waals surface area contributed by atoms with Crippen LogP contribution >= 0.6 is 22.6 Å². The van der Waals surface area contributed by atoms with Crippen molar-refractivity contribution in [2.75, 3.05) is 145 Å². The largest absolute Gasteiger partial charge is 0.494 e. The highest BCUT2D eigenvalue weighted by Crippen LogP contribution is 2.32. The number of amides is 6. The second kappa shape index (κ2) is 38.4. The molecule has 0 aliphatic carbocycles. The number of carbonyl (C=O) groups excluding carboxylic acids is 7. The van der Waals surface area contributed by atoms with Gasteiger partial charge >= 0.3 is 23.9 Å². The number of carbonyl (C=O) groups is 10. The zero-order chi connectivity index (χ0) is 69.0. The van der Waals surface area contributed by atoms with Crippen molar-refractivity contribution < 1.29 is 81.5 Å². The predicted octanol–water partition coefficient (Wildman–Crippen LogP) is 0.978. The zero-order valence-corrected chi connectivity index (χ0v) is 55.6. The minimum absolute atomic E-state index is 0.0453. The molecule has 2 aromatic carbocycles. The molecular formula is C63H85F2IN14O15. The number of hydrogen-bond donors (Lipinski definition) is 7. The number of methoxy groups -OCH3 is 1. The molecule has 3 aromatic rings. The van der Waals surface area contributed by atoms with Crippen LogP contribution < -0.4 is 26.0 Å². The van der Waals surface area contributed by atoms with Crippen molar-refractivity contribution in [3.05, 3.63) is 69.4 Å². The highest BCUT2D eigenvalue weighted by molar-refractivity contribution is 14.1. The molecule has 95 heavy (non-hydrogen) atoms. The summed E-state index contributed by atoms with van der Waals surface area (Å²) in [7, 11) is 1.14. The molecule has 29 nitrogen and oxygen atoms in total. The number of unbranched alkanes of at least 4 members (excludes halogenated alkanes) is 1. The van der Waals surface area contributed by atoms with Crippen LogP contribution in [0, 0.1) is 14.9 Å². The van der Waals surface area contributed by atoms with Gasteiger partial charge in [0.2, 0.25) is 29.5 Å². The first kappa shape index (κ1) is 75.9. The minimum Gasteiger partial charge on any atom is -0.494 e. The lowest BCUT2D eigenvalue weighted by Crippen LogP contribution is -2.58. The van der Waals surface area contributed by atoms with E-state index in [1.165, 1.54) is 17.2 Å². The van der Waals surface area contributed by atoms with Crippen molar-refractivity contribution >= 4 is 98.6 Å². The van der Waals surface area contributed by atoms with Crippen LogP contribution in [-0.4, -0.2) is 288 Å². The number of nitriles is 1. The van der Waals surface area contributed by atoms with Gasteiger partial charge in [0.15, 0.2) is 0 Å². The third-order valence-electron chi connectivity index (χ3n) is 16.3. The molecule has 0 saturated carbocycles. The number of carboxylic acids is 3. The van der Waals surface area contributed by atoms with E-state index < -0.39 is 103 Å². The van der Waals surface area contributed by atoms with Crippen molar-refractivity contribution in [3.63, 3.8) is 0 Å². The Morgan fingerprint density at radius 1 is 0.747 bits per heavy atom. The highest BCUT2D eigenvalue weighted by atomic mass is 127. The van der Waals surface area contributed by atoms with Crippen LogP contribution in [0.5, 0.6) is 5.75 Å². The van der Waals surface area contributed by atoms with Gasteiger partial charge in [-0.25, -0.2) is 8.78 Å². The number of ether oxygens (including phenoxy) is 2. The van der Waals surface area contributed by atoms with Gasteiger partial charge < -0.3 is 55.9 Å². The minimum atomic E-state index is -3.21. The van der Waals surface area contributed by atoms with Crippen LogP contribution in [0.25, 0.3) is 10.9 Å². The summed E-state index contributed by atoms with van der Waals surface area (Å²) in [4.78, 5) is 150. The summed E-state index contributed by atoms with van der Waals surface area (Å²) in [5.41, 5.74) is 1.73. The molecule has 3 saturated heterocycles. The van der Waals surface area contributed by atoms with E-state index in [-0.39, 0.29) is 129 Å². The van der Waals surface area contributed by atoms with Crippen LogP contribution in [0.3, 0.4) is 0 Å². The van der Waals surface area contributed by atoms with Crippen molar-refractivity contribution in [3.8, 4) is 11.8 Å².